The van der Waals surface area contributed by atoms with Gasteiger partial charge in [-0.15, -0.1) is 0 Å². The normalized spacial score (nSPS) is 10.0. The average molecular weight is 320 g/mol. The maximum atomic E-state index is 10.9. The molecule has 0 aliphatic rings. The molecule has 0 fully saturated rings. The van der Waals surface area contributed by atoms with E-state index >= 15 is 0 Å². The molecule has 1 rings (SSSR count). The molecule has 3 nitrogen and oxygen atoms in total. The number of methoxy groups -OCH3 is 1. The number of phenolic OH excluding ortho intramolecular Hbond substituents is 1. The summed E-state index contributed by atoms with van der Waals surface area (Å²) in [4.78, 5) is 10.9. The predicted octanol–water partition coefficient (Wildman–Crippen LogP) is 2.49. The topological polar surface area (TPSA) is 46.5 Å². The van der Waals surface area contributed by atoms with E-state index in [1.807, 2.05) is 6.07 Å². The summed E-state index contributed by atoms with van der Waals surface area (Å²) in [5.74, 6) is 0.0971. The fourth-order valence-corrected chi connectivity index (χ4v) is 2.03. The van der Waals surface area contributed by atoms with E-state index in [9.17, 15) is 9.90 Å². The molecule has 0 atom stereocenters. The second kappa shape index (κ2) is 5.95. The summed E-state index contributed by atoms with van der Waals surface area (Å²) in [6.07, 6.45) is 2.04. The number of aromatic hydroxyl groups is 1. The largest absolute Gasteiger partial charge is 0.508 e. The van der Waals surface area contributed by atoms with Crippen LogP contribution in [0.2, 0.25) is 0 Å². The first kappa shape index (κ1) is 12.3. The van der Waals surface area contributed by atoms with Gasteiger partial charge in [0.15, 0.2) is 0 Å². The van der Waals surface area contributed by atoms with Crippen LogP contribution in [0.5, 0.6) is 5.75 Å². The lowest BCUT2D eigenvalue weighted by molar-refractivity contribution is -0.140. The van der Waals surface area contributed by atoms with Crippen molar-refractivity contribution in [1.29, 1.82) is 0 Å². The van der Waals surface area contributed by atoms with Crippen LogP contribution >= 0.6 is 22.6 Å². The van der Waals surface area contributed by atoms with Crippen molar-refractivity contribution < 1.29 is 14.6 Å². The zero-order valence-electron chi connectivity index (χ0n) is 8.50. The molecule has 0 heterocycles. The number of hydrogen-bond acceptors (Lipinski definition) is 3. The van der Waals surface area contributed by atoms with Crippen molar-refractivity contribution in [2.45, 2.75) is 19.3 Å². The van der Waals surface area contributed by atoms with Crippen molar-refractivity contribution in [2.24, 2.45) is 0 Å². The van der Waals surface area contributed by atoms with Gasteiger partial charge in [0.05, 0.1) is 7.11 Å². The molecule has 0 aliphatic heterocycles. The number of carbonyl (C=O) groups is 1. The Hall–Kier alpha value is -0.780. The molecule has 0 aromatic heterocycles. The van der Waals surface area contributed by atoms with Crippen molar-refractivity contribution in [3.05, 3.63) is 27.3 Å². The minimum absolute atomic E-state index is 0.177. The Morgan fingerprint density at radius 3 is 2.87 bits per heavy atom. The molecule has 4 heteroatoms. The highest BCUT2D eigenvalue weighted by molar-refractivity contribution is 14.1. The van der Waals surface area contributed by atoms with Gasteiger partial charge in [-0.1, -0.05) is 6.07 Å². The first-order valence-electron chi connectivity index (χ1n) is 4.67. The maximum Gasteiger partial charge on any atom is 0.305 e. The lowest BCUT2D eigenvalue weighted by Gasteiger charge is -2.04. The zero-order valence-corrected chi connectivity index (χ0v) is 10.7. The first-order valence-corrected chi connectivity index (χ1v) is 5.75. The van der Waals surface area contributed by atoms with E-state index in [1.54, 1.807) is 12.1 Å². The molecular formula is C11H13IO3. The summed E-state index contributed by atoms with van der Waals surface area (Å²) >= 11 is 2.18. The number of benzene rings is 1. The fourth-order valence-electron chi connectivity index (χ4n) is 1.26. The number of rotatable bonds is 4. The lowest BCUT2D eigenvalue weighted by Crippen LogP contribution is -2.01. The van der Waals surface area contributed by atoms with Crippen LogP contribution in [0.3, 0.4) is 0 Å². The highest BCUT2D eigenvalue weighted by Gasteiger charge is 2.03. The van der Waals surface area contributed by atoms with E-state index in [4.69, 9.17) is 0 Å². The van der Waals surface area contributed by atoms with Crippen LogP contribution in [-0.2, 0) is 16.0 Å². The van der Waals surface area contributed by atoms with Gasteiger partial charge >= 0.3 is 5.97 Å². The number of halogens is 1. The standard InChI is InChI=1S/C11H13IO3/c1-15-11(14)4-2-3-8-5-6-9(13)7-10(8)12/h5-7,13H,2-4H2,1H3. The minimum atomic E-state index is -0.177. The van der Waals surface area contributed by atoms with Gasteiger partial charge in [-0.2, -0.15) is 0 Å². The van der Waals surface area contributed by atoms with E-state index in [2.05, 4.69) is 27.3 Å². The summed E-state index contributed by atoms with van der Waals surface area (Å²) in [5, 5.41) is 9.21. The summed E-state index contributed by atoms with van der Waals surface area (Å²) in [6.45, 7) is 0. The van der Waals surface area contributed by atoms with Crippen molar-refractivity contribution in [3.8, 4) is 5.75 Å². The van der Waals surface area contributed by atoms with Gasteiger partial charge in [-0.3, -0.25) is 4.79 Å². The van der Waals surface area contributed by atoms with Crippen molar-refractivity contribution >= 4 is 28.6 Å². The van der Waals surface area contributed by atoms with Crippen LogP contribution in [0.4, 0.5) is 0 Å². The first-order chi connectivity index (χ1) is 7.13. The number of ether oxygens (including phenoxy) is 1. The van der Waals surface area contributed by atoms with Gasteiger partial charge < -0.3 is 9.84 Å². The summed E-state index contributed by atoms with van der Waals surface area (Å²) < 4.78 is 5.58. The third-order valence-electron chi connectivity index (χ3n) is 2.09. The number of aryl methyl sites for hydroxylation is 1. The molecule has 0 amide bonds. The predicted molar refractivity (Wildman–Crippen MR) is 65.8 cm³/mol. The van der Waals surface area contributed by atoms with Crippen LogP contribution in [0, 0.1) is 3.57 Å². The Morgan fingerprint density at radius 1 is 1.53 bits per heavy atom. The summed E-state index contributed by atoms with van der Waals surface area (Å²) in [5.41, 5.74) is 1.15. The van der Waals surface area contributed by atoms with Crippen molar-refractivity contribution in [1.82, 2.24) is 0 Å². The number of hydrogen-bond donors (Lipinski definition) is 1. The van der Waals surface area contributed by atoms with E-state index in [0.29, 0.717) is 6.42 Å². The molecule has 0 saturated heterocycles. The van der Waals surface area contributed by atoms with Gasteiger partial charge in [0.2, 0.25) is 0 Å². The Kier molecular flexibility index (Phi) is 4.87. The Bertz CT molecular complexity index is 350. The quantitative estimate of drug-likeness (QED) is 0.685. The molecule has 82 valence electrons. The molecule has 0 bridgehead atoms. The van der Waals surface area contributed by atoms with Crippen LogP contribution in [0.25, 0.3) is 0 Å². The van der Waals surface area contributed by atoms with Crippen LogP contribution < -0.4 is 0 Å². The minimum Gasteiger partial charge on any atom is -0.508 e. The maximum absolute atomic E-state index is 10.9. The lowest BCUT2D eigenvalue weighted by atomic mass is 10.1. The monoisotopic (exact) mass is 320 g/mol. The SMILES string of the molecule is COC(=O)CCCc1ccc(O)cc1I. The number of carbonyl (C=O) groups excluding carboxylic acids is 1. The molecule has 0 saturated carbocycles. The van der Waals surface area contributed by atoms with Crippen LogP contribution in [0.15, 0.2) is 18.2 Å². The van der Waals surface area contributed by atoms with Gasteiger partial charge in [-0.25, -0.2) is 0 Å². The van der Waals surface area contributed by atoms with Crippen molar-refractivity contribution in [3.63, 3.8) is 0 Å². The van der Waals surface area contributed by atoms with Gasteiger partial charge in [-0.05, 0) is 53.1 Å². The van der Waals surface area contributed by atoms with E-state index in [1.165, 1.54) is 7.11 Å². The molecule has 0 unspecified atom stereocenters. The van der Waals surface area contributed by atoms with E-state index in [0.717, 1.165) is 22.0 Å². The summed E-state index contributed by atoms with van der Waals surface area (Å²) in [6, 6.07) is 5.26. The highest BCUT2D eigenvalue weighted by atomic mass is 127. The summed E-state index contributed by atoms with van der Waals surface area (Å²) in [7, 11) is 1.40. The van der Waals surface area contributed by atoms with Gasteiger partial charge in [0.1, 0.15) is 5.75 Å². The number of esters is 1. The second-order valence-electron chi connectivity index (χ2n) is 3.21. The second-order valence-corrected chi connectivity index (χ2v) is 4.37. The van der Waals surface area contributed by atoms with Crippen LogP contribution in [0.1, 0.15) is 18.4 Å². The van der Waals surface area contributed by atoms with Gasteiger partial charge in [0.25, 0.3) is 0 Å². The molecule has 0 radical (unpaired) electrons. The fraction of sp³-hybridized carbons (Fsp3) is 0.364. The Labute approximate surface area is 103 Å². The molecule has 0 aliphatic carbocycles. The zero-order chi connectivity index (χ0) is 11.3. The Balaban J connectivity index is 2.47. The van der Waals surface area contributed by atoms with Gasteiger partial charge in [0, 0.05) is 9.99 Å². The molecule has 0 spiro atoms. The smallest absolute Gasteiger partial charge is 0.305 e. The molecular weight excluding hydrogens is 307 g/mol. The third-order valence-corrected chi connectivity index (χ3v) is 3.10. The molecule has 1 aromatic carbocycles. The Morgan fingerprint density at radius 2 is 2.27 bits per heavy atom. The molecule has 1 aromatic rings. The van der Waals surface area contributed by atoms with E-state index in [-0.39, 0.29) is 11.7 Å². The number of phenols is 1. The van der Waals surface area contributed by atoms with E-state index < -0.39 is 0 Å². The van der Waals surface area contributed by atoms with Crippen LogP contribution in [-0.4, -0.2) is 18.2 Å². The average Bonchev–Trinajstić information content (AvgIpc) is 2.21. The highest BCUT2D eigenvalue weighted by Crippen LogP contribution is 2.20. The third kappa shape index (κ3) is 4.07. The molecule has 15 heavy (non-hydrogen) atoms. The molecule has 1 N–H and O–H groups in total. The van der Waals surface area contributed by atoms with Crippen molar-refractivity contribution in [2.75, 3.05) is 7.11 Å².